The summed E-state index contributed by atoms with van der Waals surface area (Å²) < 4.78 is 0. The first kappa shape index (κ1) is 13.8. The van der Waals surface area contributed by atoms with Crippen LogP contribution in [0.5, 0.6) is 0 Å². The number of rotatable bonds is 2. The standard InChI is InChI=1S/C16H17N3O/c1-19(2)16(20)18-15(13-9-5-3-6-10-13)17-14-11-7-4-8-12-14/h3-12H,1-2H3,(H,17,18,20). The zero-order chi connectivity index (χ0) is 14.4. The fraction of sp³-hybridized carbons (Fsp3) is 0.125. The van der Waals surface area contributed by atoms with Crippen molar-refractivity contribution in [1.29, 1.82) is 0 Å². The molecule has 0 fully saturated rings. The number of hydrogen-bond donors (Lipinski definition) is 1. The number of amides is 2. The SMILES string of the molecule is CN(C)C(=O)NC(=Nc1ccccc1)c1ccccc1. The van der Waals surface area contributed by atoms with Crippen LogP contribution in [0.3, 0.4) is 0 Å². The molecular weight excluding hydrogens is 250 g/mol. The van der Waals surface area contributed by atoms with Gasteiger partial charge in [0, 0.05) is 19.7 Å². The van der Waals surface area contributed by atoms with Gasteiger partial charge in [-0.1, -0.05) is 48.5 Å². The Kier molecular flexibility index (Phi) is 4.50. The van der Waals surface area contributed by atoms with Gasteiger partial charge < -0.3 is 4.90 Å². The minimum Gasteiger partial charge on any atom is -0.331 e. The highest BCUT2D eigenvalue weighted by atomic mass is 16.2. The average Bonchev–Trinajstić information content (AvgIpc) is 2.48. The predicted molar refractivity (Wildman–Crippen MR) is 81.3 cm³/mol. The summed E-state index contributed by atoms with van der Waals surface area (Å²) in [5.74, 6) is 0.538. The topological polar surface area (TPSA) is 44.7 Å². The first-order valence-corrected chi connectivity index (χ1v) is 6.34. The predicted octanol–water partition coefficient (Wildman–Crippen LogP) is 3.04. The summed E-state index contributed by atoms with van der Waals surface area (Å²) in [7, 11) is 3.39. The number of benzene rings is 2. The fourth-order valence-corrected chi connectivity index (χ4v) is 1.61. The molecule has 0 aromatic heterocycles. The maximum Gasteiger partial charge on any atom is 0.322 e. The molecule has 4 heteroatoms. The summed E-state index contributed by atoms with van der Waals surface area (Å²) >= 11 is 0. The quantitative estimate of drug-likeness (QED) is 0.659. The molecule has 0 aliphatic carbocycles. The van der Waals surface area contributed by atoms with Gasteiger partial charge in [-0.25, -0.2) is 9.79 Å². The van der Waals surface area contributed by atoms with Gasteiger partial charge in [-0.3, -0.25) is 5.32 Å². The Balaban J connectivity index is 2.35. The summed E-state index contributed by atoms with van der Waals surface area (Å²) in [5, 5.41) is 2.82. The van der Waals surface area contributed by atoms with Crippen molar-refractivity contribution >= 4 is 17.6 Å². The number of carbonyl (C=O) groups is 1. The van der Waals surface area contributed by atoms with Crippen LogP contribution < -0.4 is 5.32 Å². The van der Waals surface area contributed by atoms with E-state index in [2.05, 4.69) is 10.3 Å². The highest BCUT2D eigenvalue weighted by molar-refractivity contribution is 6.08. The lowest BCUT2D eigenvalue weighted by Gasteiger charge is -2.14. The van der Waals surface area contributed by atoms with Crippen LogP contribution in [-0.4, -0.2) is 30.9 Å². The van der Waals surface area contributed by atoms with E-state index in [-0.39, 0.29) is 6.03 Å². The number of aliphatic imine (C=N–C) groups is 1. The first-order valence-electron chi connectivity index (χ1n) is 6.34. The third kappa shape index (κ3) is 3.68. The van der Waals surface area contributed by atoms with Crippen molar-refractivity contribution in [2.75, 3.05) is 14.1 Å². The van der Waals surface area contributed by atoms with Crippen LogP contribution in [0.25, 0.3) is 0 Å². The summed E-state index contributed by atoms with van der Waals surface area (Å²) in [4.78, 5) is 17.8. The van der Waals surface area contributed by atoms with Crippen molar-refractivity contribution in [2.24, 2.45) is 4.99 Å². The Labute approximate surface area is 118 Å². The van der Waals surface area contributed by atoms with Crippen LogP contribution in [-0.2, 0) is 0 Å². The summed E-state index contributed by atoms with van der Waals surface area (Å²) in [6.45, 7) is 0. The smallest absolute Gasteiger partial charge is 0.322 e. The molecule has 0 saturated carbocycles. The molecule has 0 aliphatic heterocycles. The molecule has 0 atom stereocenters. The first-order chi connectivity index (χ1) is 9.66. The number of carbonyl (C=O) groups excluding carboxylic acids is 1. The van der Waals surface area contributed by atoms with Gasteiger partial charge in [-0.05, 0) is 12.1 Å². The molecule has 0 spiro atoms. The van der Waals surface area contributed by atoms with Crippen LogP contribution in [0.2, 0.25) is 0 Å². The molecule has 2 aromatic carbocycles. The molecule has 2 rings (SSSR count). The number of nitrogens with zero attached hydrogens (tertiary/aromatic N) is 2. The number of nitrogens with one attached hydrogen (secondary N) is 1. The van der Waals surface area contributed by atoms with Gasteiger partial charge in [0.25, 0.3) is 0 Å². The molecule has 2 aromatic rings. The van der Waals surface area contributed by atoms with E-state index in [1.54, 1.807) is 14.1 Å². The number of urea groups is 1. The third-order valence-electron chi connectivity index (χ3n) is 2.68. The van der Waals surface area contributed by atoms with E-state index in [9.17, 15) is 4.79 Å². The maximum atomic E-state index is 11.9. The Morgan fingerprint density at radius 1 is 0.950 bits per heavy atom. The fourth-order valence-electron chi connectivity index (χ4n) is 1.61. The van der Waals surface area contributed by atoms with Gasteiger partial charge >= 0.3 is 6.03 Å². The van der Waals surface area contributed by atoms with E-state index in [0.29, 0.717) is 5.84 Å². The second kappa shape index (κ2) is 6.52. The lowest BCUT2D eigenvalue weighted by Crippen LogP contribution is -2.39. The largest absolute Gasteiger partial charge is 0.331 e. The van der Waals surface area contributed by atoms with Gasteiger partial charge in [0.1, 0.15) is 5.84 Å². The molecule has 102 valence electrons. The van der Waals surface area contributed by atoms with Gasteiger partial charge in [0.2, 0.25) is 0 Å². The van der Waals surface area contributed by atoms with E-state index in [4.69, 9.17) is 0 Å². The van der Waals surface area contributed by atoms with Gasteiger partial charge in [-0.15, -0.1) is 0 Å². The monoisotopic (exact) mass is 267 g/mol. The molecule has 0 radical (unpaired) electrons. The lowest BCUT2D eigenvalue weighted by atomic mass is 10.2. The molecule has 1 N–H and O–H groups in total. The second-order valence-electron chi connectivity index (χ2n) is 4.49. The molecule has 0 bridgehead atoms. The van der Waals surface area contributed by atoms with E-state index in [1.807, 2.05) is 60.7 Å². The van der Waals surface area contributed by atoms with Crippen molar-refractivity contribution in [3.8, 4) is 0 Å². The number of hydrogen-bond acceptors (Lipinski definition) is 2. The van der Waals surface area contributed by atoms with Crippen molar-refractivity contribution in [3.05, 3.63) is 66.2 Å². The van der Waals surface area contributed by atoms with Crippen LogP contribution in [0.15, 0.2) is 65.7 Å². The molecular formula is C16H17N3O. The molecule has 4 nitrogen and oxygen atoms in total. The van der Waals surface area contributed by atoms with Gasteiger partial charge in [-0.2, -0.15) is 0 Å². The molecule has 0 unspecified atom stereocenters. The van der Waals surface area contributed by atoms with E-state index in [1.165, 1.54) is 4.90 Å². The second-order valence-corrected chi connectivity index (χ2v) is 4.49. The van der Waals surface area contributed by atoms with Crippen LogP contribution in [0.1, 0.15) is 5.56 Å². The Hall–Kier alpha value is -2.62. The molecule has 0 saturated heterocycles. The zero-order valence-electron chi connectivity index (χ0n) is 11.6. The molecule has 2 amide bonds. The average molecular weight is 267 g/mol. The highest BCUT2D eigenvalue weighted by Gasteiger charge is 2.09. The van der Waals surface area contributed by atoms with E-state index >= 15 is 0 Å². The van der Waals surface area contributed by atoms with Crippen LogP contribution in [0.4, 0.5) is 10.5 Å². The molecule has 0 aliphatic rings. The molecule has 0 heterocycles. The minimum absolute atomic E-state index is 0.205. The van der Waals surface area contributed by atoms with Crippen molar-refractivity contribution < 1.29 is 4.79 Å². The number of para-hydroxylation sites is 1. The zero-order valence-corrected chi connectivity index (χ0v) is 11.6. The van der Waals surface area contributed by atoms with E-state index < -0.39 is 0 Å². The van der Waals surface area contributed by atoms with Gasteiger partial charge in [0.05, 0.1) is 5.69 Å². The van der Waals surface area contributed by atoms with E-state index in [0.717, 1.165) is 11.3 Å². The lowest BCUT2D eigenvalue weighted by molar-refractivity contribution is 0.222. The normalized spacial score (nSPS) is 11.0. The Bertz CT molecular complexity index is 592. The van der Waals surface area contributed by atoms with Gasteiger partial charge in [0.15, 0.2) is 0 Å². The number of amidine groups is 1. The van der Waals surface area contributed by atoms with Crippen LogP contribution in [0, 0.1) is 0 Å². The third-order valence-corrected chi connectivity index (χ3v) is 2.68. The Morgan fingerprint density at radius 3 is 2.05 bits per heavy atom. The van der Waals surface area contributed by atoms with Crippen molar-refractivity contribution in [1.82, 2.24) is 10.2 Å². The molecule has 20 heavy (non-hydrogen) atoms. The highest BCUT2D eigenvalue weighted by Crippen LogP contribution is 2.12. The maximum absolute atomic E-state index is 11.9. The summed E-state index contributed by atoms with van der Waals surface area (Å²) in [6, 6.07) is 18.9. The Morgan fingerprint density at radius 2 is 1.50 bits per heavy atom. The summed E-state index contributed by atoms with van der Waals surface area (Å²) in [6.07, 6.45) is 0. The minimum atomic E-state index is -0.205. The van der Waals surface area contributed by atoms with Crippen molar-refractivity contribution in [3.63, 3.8) is 0 Å². The summed E-state index contributed by atoms with van der Waals surface area (Å²) in [5.41, 5.74) is 1.66. The van der Waals surface area contributed by atoms with Crippen LogP contribution >= 0.6 is 0 Å². The van der Waals surface area contributed by atoms with Crippen molar-refractivity contribution in [2.45, 2.75) is 0 Å².